The summed E-state index contributed by atoms with van der Waals surface area (Å²) in [4.78, 5) is 0. The van der Waals surface area contributed by atoms with Gasteiger partial charge >= 0.3 is 0 Å². The molecule has 0 saturated heterocycles. The van der Waals surface area contributed by atoms with Crippen LogP contribution < -0.4 is 10.5 Å². The molecule has 4 nitrogen and oxygen atoms in total. The van der Waals surface area contributed by atoms with Crippen LogP contribution >= 0.6 is 0 Å². The van der Waals surface area contributed by atoms with E-state index in [0.29, 0.717) is 6.54 Å². The monoisotopic (exact) mass is 256 g/mol. The van der Waals surface area contributed by atoms with Gasteiger partial charge in [0.1, 0.15) is 0 Å². The van der Waals surface area contributed by atoms with Gasteiger partial charge in [-0.15, -0.1) is 0 Å². The zero-order chi connectivity index (χ0) is 12.9. The summed E-state index contributed by atoms with van der Waals surface area (Å²) in [7, 11) is -3.29. The molecule has 0 amide bonds. The van der Waals surface area contributed by atoms with Gasteiger partial charge in [0.15, 0.2) is 0 Å². The SMILES string of the molecule is CC(CN)C(C)NS(=O)(=O)Cc1ccccc1. The molecule has 0 spiro atoms. The highest BCUT2D eigenvalue weighted by molar-refractivity contribution is 7.88. The minimum Gasteiger partial charge on any atom is -0.330 e. The van der Waals surface area contributed by atoms with Crippen molar-refractivity contribution in [3.63, 3.8) is 0 Å². The molecule has 96 valence electrons. The van der Waals surface area contributed by atoms with Crippen molar-refractivity contribution in [2.45, 2.75) is 25.6 Å². The van der Waals surface area contributed by atoms with Gasteiger partial charge in [0.25, 0.3) is 0 Å². The van der Waals surface area contributed by atoms with Gasteiger partial charge in [0.2, 0.25) is 10.0 Å². The molecule has 0 aromatic heterocycles. The second-order valence-electron chi connectivity index (χ2n) is 4.36. The van der Waals surface area contributed by atoms with Gasteiger partial charge in [-0.05, 0) is 24.9 Å². The maximum atomic E-state index is 11.9. The molecule has 5 heteroatoms. The average molecular weight is 256 g/mol. The van der Waals surface area contributed by atoms with E-state index in [1.807, 2.05) is 32.0 Å². The number of benzene rings is 1. The van der Waals surface area contributed by atoms with Gasteiger partial charge in [-0.25, -0.2) is 13.1 Å². The van der Waals surface area contributed by atoms with Crippen LogP contribution in [0, 0.1) is 5.92 Å². The maximum Gasteiger partial charge on any atom is 0.216 e. The van der Waals surface area contributed by atoms with Crippen LogP contribution in [0.25, 0.3) is 0 Å². The van der Waals surface area contributed by atoms with E-state index in [9.17, 15) is 8.42 Å². The highest BCUT2D eigenvalue weighted by Gasteiger charge is 2.18. The summed E-state index contributed by atoms with van der Waals surface area (Å²) in [5.74, 6) is 0.135. The second-order valence-corrected chi connectivity index (χ2v) is 6.12. The molecule has 1 rings (SSSR count). The number of hydrogen-bond donors (Lipinski definition) is 2. The molecule has 0 bridgehead atoms. The number of sulfonamides is 1. The van der Waals surface area contributed by atoms with Crippen molar-refractivity contribution in [1.29, 1.82) is 0 Å². The molecule has 2 unspecified atom stereocenters. The Morgan fingerprint density at radius 3 is 2.35 bits per heavy atom. The van der Waals surface area contributed by atoms with E-state index in [-0.39, 0.29) is 17.7 Å². The topological polar surface area (TPSA) is 72.2 Å². The Balaban J connectivity index is 2.64. The summed E-state index contributed by atoms with van der Waals surface area (Å²) in [6, 6.07) is 8.98. The molecule has 0 fully saturated rings. The molecule has 17 heavy (non-hydrogen) atoms. The summed E-state index contributed by atoms with van der Waals surface area (Å²) in [6.45, 7) is 4.23. The molecule has 0 aliphatic heterocycles. The van der Waals surface area contributed by atoms with Gasteiger partial charge in [0.05, 0.1) is 5.75 Å². The lowest BCUT2D eigenvalue weighted by atomic mass is 10.1. The predicted molar refractivity (Wildman–Crippen MR) is 69.9 cm³/mol. The quantitative estimate of drug-likeness (QED) is 0.800. The Kier molecular flexibility index (Phi) is 5.11. The summed E-state index contributed by atoms with van der Waals surface area (Å²) in [5, 5.41) is 0. The van der Waals surface area contributed by atoms with Gasteiger partial charge in [-0.3, -0.25) is 0 Å². The lowest BCUT2D eigenvalue weighted by Crippen LogP contribution is -2.40. The van der Waals surface area contributed by atoms with Crippen molar-refractivity contribution in [2.75, 3.05) is 6.54 Å². The fraction of sp³-hybridized carbons (Fsp3) is 0.500. The fourth-order valence-corrected chi connectivity index (χ4v) is 2.95. The van der Waals surface area contributed by atoms with E-state index < -0.39 is 10.0 Å². The smallest absolute Gasteiger partial charge is 0.216 e. The maximum absolute atomic E-state index is 11.9. The van der Waals surface area contributed by atoms with Crippen LogP contribution in [0.5, 0.6) is 0 Å². The number of nitrogens with one attached hydrogen (secondary N) is 1. The van der Waals surface area contributed by atoms with E-state index in [0.717, 1.165) is 5.56 Å². The first-order valence-corrected chi connectivity index (χ1v) is 7.34. The van der Waals surface area contributed by atoms with E-state index in [1.54, 1.807) is 12.1 Å². The molecule has 0 heterocycles. The minimum atomic E-state index is -3.29. The average Bonchev–Trinajstić information content (AvgIpc) is 2.27. The van der Waals surface area contributed by atoms with Crippen LogP contribution in [0.2, 0.25) is 0 Å². The van der Waals surface area contributed by atoms with Gasteiger partial charge in [-0.1, -0.05) is 37.3 Å². The van der Waals surface area contributed by atoms with E-state index in [1.165, 1.54) is 0 Å². The zero-order valence-electron chi connectivity index (χ0n) is 10.3. The highest BCUT2D eigenvalue weighted by Crippen LogP contribution is 2.07. The zero-order valence-corrected chi connectivity index (χ0v) is 11.1. The second kappa shape index (κ2) is 6.14. The molecule has 0 aliphatic carbocycles. The van der Waals surface area contributed by atoms with Crippen LogP contribution in [0.3, 0.4) is 0 Å². The van der Waals surface area contributed by atoms with Crippen molar-refractivity contribution in [2.24, 2.45) is 11.7 Å². The Morgan fingerprint density at radius 2 is 1.82 bits per heavy atom. The van der Waals surface area contributed by atoms with Gasteiger partial charge in [-0.2, -0.15) is 0 Å². The number of hydrogen-bond acceptors (Lipinski definition) is 3. The lowest BCUT2D eigenvalue weighted by molar-refractivity contribution is 0.453. The molecule has 0 saturated carbocycles. The molecular formula is C12H20N2O2S. The summed E-state index contributed by atoms with van der Waals surface area (Å²) in [6.07, 6.45) is 0. The molecule has 1 aromatic rings. The fourth-order valence-electron chi connectivity index (χ4n) is 1.44. The van der Waals surface area contributed by atoms with Crippen LogP contribution in [0.1, 0.15) is 19.4 Å². The summed E-state index contributed by atoms with van der Waals surface area (Å²) < 4.78 is 26.4. The van der Waals surface area contributed by atoms with E-state index >= 15 is 0 Å². The summed E-state index contributed by atoms with van der Waals surface area (Å²) >= 11 is 0. The normalized spacial score (nSPS) is 15.5. The Bertz CT molecular complexity index is 431. The third-order valence-corrected chi connectivity index (χ3v) is 4.23. The van der Waals surface area contributed by atoms with Crippen molar-refractivity contribution in [1.82, 2.24) is 4.72 Å². The molecule has 0 aliphatic rings. The Hall–Kier alpha value is -0.910. The first kappa shape index (κ1) is 14.2. The minimum absolute atomic E-state index is 0.00940. The molecule has 1 aromatic carbocycles. The molecule has 2 atom stereocenters. The van der Waals surface area contributed by atoms with Crippen molar-refractivity contribution in [3.8, 4) is 0 Å². The lowest BCUT2D eigenvalue weighted by Gasteiger charge is -2.19. The van der Waals surface area contributed by atoms with E-state index in [4.69, 9.17) is 5.73 Å². The van der Waals surface area contributed by atoms with Crippen molar-refractivity contribution in [3.05, 3.63) is 35.9 Å². The molecular weight excluding hydrogens is 236 g/mol. The van der Waals surface area contributed by atoms with Crippen LogP contribution in [0.4, 0.5) is 0 Å². The van der Waals surface area contributed by atoms with Crippen molar-refractivity contribution >= 4 is 10.0 Å². The largest absolute Gasteiger partial charge is 0.330 e. The van der Waals surface area contributed by atoms with Gasteiger partial charge in [0, 0.05) is 6.04 Å². The Labute approximate surface area is 103 Å². The Morgan fingerprint density at radius 1 is 1.24 bits per heavy atom. The van der Waals surface area contributed by atoms with E-state index in [2.05, 4.69) is 4.72 Å². The highest BCUT2D eigenvalue weighted by atomic mass is 32.2. The standard InChI is InChI=1S/C12H20N2O2S/c1-10(8-13)11(2)14-17(15,16)9-12-6-4-3-5-7-12/h3-7,10-11,14H,8-9,13H2,1-2H3. The first-order chi connectivity index (χ1) is 7.94. The first-order valence-electron chi connectivity index (χ1n) is 5.68. The van der Waals surface area contributed by atoms with Crippen molar-refractivity contribution < 1.29 is 8.42 Å². The number of nitrogens with two attached hydrogens (primary N) is 1. The third-order valence-electron chi connectivity index (χ3n) is 2.79. The predicted octanol–water partition coefficient (Wildman–Crippen LogP) is 1.09. The molecule has 3 N–H and O–H groups in total. The van der Waals surface area contributed by atoms with Crippen LogP contribution in [-0.4, -0.2) is 21.0 Å². The number of rotatable bonds is 6. The third kappa shape index (κ3) is 4.85. The van der Waals surface area contributed by atoms with Gasteiger partial charge < -0.3 is 5.73 Å². The van der Waals surface area contributed by atoms with Crippen LogP contribution in [0.15, 0.2) is 30.3 Å². The van der Waals surface area contributed by atoms with Crippen LogP contribution in [-0.2, 0) is 15.8 Å². The summed E-state index contributed by atoms with van der Waals surface area (Å²) in [5.41, 5.74) is 6.29. The molecule has 0 radical (unpaired) electrons.